The Bertz CT molecular complexity index is 1370. The third-order valence-electron chi connectivity index (χ3n) is 5.79. The molecule has 180 valence electrons. The number of hydrogen-bond donors (Lipinski definition) is 2. The highest BCUT2D eigenvalue weighted by molar-refractivity contribution is 7.17. The number of amides is 2. The number of aryl methyl sites for hydroxylation is 1. The largest absolute Gasteiger partial charge is 0.493 e. The van der Waals surface area contributed by atoms with E-state index in [0.29, 0.717) is 39.1 Å². The van der Waals surface area contributed by atoms with Crippen LogP contribution in [0.4, 0.5) is 5.00 Å². The van der Waals surface area contributed by atoms with Crippen LogP contribution in [-0.4, -0.2) is 31.2 Å². The number of fused-ring (bicyclic) bond motifs is 1. The van der Waals surface area contributed by atoms with Gasteiger partial charge in [0.05, 0.1) is 32.6 Å². The summed E-state index contributed by atoms with van der Waals surface area (Å²) in [5, 5.41) is 10.2. The number of methoxy groups -OCH3 is 2. The lowest BCUT2D eigenvalue weighted by molar-refractivity contribution is 0.0948. The van der Waals surface area contributed by atoms with Crippen LogP contribution in [0.3, 0.4) is 0 Å². The van der Waals surface area contributed by atoms with Gasteiger partial charge < -0.3 is 29.0 Å². The maximum atomic E-state index is 13.0. The van der Waals surface area contributed by atoms with E-state index in [2.05, 4.69) is 15.8 Å². The lowest BCUT2D eigenvalue weighted by atomic mass is 10.1. The maximum Gasteiger partial charge on any atom is 0.278 e. The van der Waals surface area contributed by atoms with Gasteiger partial charge in [-0.15, -0.1) is 11.3 Å². The summed E-state index contributed by atoms with van der Waals surface area (Å²) < 4.78 is 21.3. The Morgan fingerprint density at radius 3 is 2.71 bits per heavy atom. The van der Waals surface area contributed by atoms with Gasteiger partial charge in [0.2, 0.25) is 0 Å². The Balaban J connectivity index is 1.35. The van der Waals surface area contributed by atoms with Crippen LogP contribution in [0.5, 0.6) is 11.5 Å². The van der Waals surface area contributed by atoms with Crippen molar-refractivity contribution in [2.45, 2.75) is 25.8 Å². The Morgan fingerprint density at radius 2 is 1.94 bits per heavy atom. The van der Waals surface area contributed by atoms with E-state index in [1.165, 1.54) is 11.3 Å². The first-order valence-corrected chi connectivity index (χ1v) is 11.8. The molecule has 35 heavy (non-hydrogen) atoms. The number of carbonyl (C=O) groups is 2. The smallest absolute Gasteiger partial charge is 0.278 e. The van der Waals surface area contributed by atoms with E-state index in [9.17, 15) is 9.59 Å². The van der Waals surface area contributed by atoms with Crippen LogP contribution >= 0.6 is 11.3 Å². The van der Waals surface area contributed by atoms with Gasteiger partial charge in [-0.05, 0) is 55.2 Å². The molecule has 9 nitrogen and oxygen atoms in total. The van der Waals surface area contributed by atoms with Crippen molar-refractivity contribution in [3.05, 3.63) is 70.1 Å². The van der Waals surface area contributed by atoms with Crippen molar-refractivity contribution in [1.29, 1.82) is 0 Å². The number of rotatable bonds is 8. The quantitative estimate of drug-likeness (QED) is 0.366. The summed E-state index contributed by atoms with van der Waals surface area (Å²) in [5.74, 6) is 1.47. The molecule has 0 atom stereocenters. The van der Waals surface area contributed by atoms with E-state index >= 15 is 0 Å². The number of hydrogen-bond acceptors (Lipinski definition) is 8. The molecule has 2 amide bonds. The van der Waals surface area contributed by atoms with Gasteiger partial charge >= 0.3 is 0 Å². The zero-order valence-electron chi connectivity index (χ0n) is 19.2. The average Bonchev–Trinajstić information content (AvgIpc) is 3.67. The van der Waals surface area contributed by atoms with E-state index < -0.39 is 5.91 Å². The summed E-state index contributed by atoms with van der Waals surface area (Å²) >= 11 is 1.43. The summed E-state index contributed by atoms with van der Waals surface area (Å²) in [6, 6.07) is 10.4. The number of nitrogens with one attached hydrogen (secondary N) is 2. The lowest BCUT2D eigenvalue weighted by Gasteiger charge is -2.08. The first-order valence-electron chi connectivity index (χ1n) is 11.0. The number of ether oxygens (including phenoxy) is 2. The zero-order chi connectivity index (χ0) is 24.4. The molecule has 0 saturated heterocycles. The van der Waals surface area contributed by atoms with E-state index in [4.69, 9.17) is 18.4 Å². The molecule has 0 saturated carbocycles. The molecule has 2 N–H and O–H groups in total. The van der Waals surface area contributed by atoms with Gasteiger partial charge in [-0.1, -0.05) is 5.16 Å². The number of thiophene rings is 1. The van der Waals surface area contributed by atoms with Gasteiger partial charge in [0, 0.05) is 16.5 Å². The second-order valence-electron chi connectivity index (χ2n) is 7.92. The zero-order valence-corrected chi connectivity index (χ0v) is 20.0. The Kier molecular flexibility index (Phi) is 6.28. The highest BCUT2D eigenvalue weighted by Gasteiger charge is 2.28. The molecule has 1 aliphatic carbocycles. The first kappa shape index (κ1) is 22.7. The molecule has 0 fully saturated rings. The number of carbonyl (C=O) groups excluding carboxylic acids is 2. The molecule has 1 aliphatic rings. The third-order valence-corrected chi connectivity index (χ3v) is 7.00. The van der Waals surface area contributed by atoms with Crippen molar-refractivity contribution in [3.8, 4) is 22.8 Å². The molecule has 0 radical (unpaired) electrons. The molecule has 1 aromatic carbocycles. The van der Waals surface area contributed by atoms with Gasteiger partial charge in [0.1, 0.15) is 10.8 Å². The number of furan rings is 1. The van der Waals surface area contributed by atoms with Crippen LogP contribution < -0.4 is 20.1 Å². The van der Waals surface area contributed by atoms with Crippen molar-refractivity contribution in [3.63, 3.8) is 0 Å². The Morgan fingerprint density at radius 1 is 1.09 bits per heavy atom. The minimum Gasteiger partial charge on any atom is -0.493 e. The minimum atomic E-state index is -0.458. The molecule has 0 unspecified atom stereocenters. The van der Waals surface area contributed by atoms with Crippen LogP contribution in [0.25, 0.3) is 11.3 Å². The van der Waals surface area contributed by atoms with Crippen molar-refractivity contribution >= 4 is 28.2 Å². The summed E-state index contributed by atoms with van der Waals surface area (Å²) in [4.78, 5) is 27.2. The molecule has 10 heteroatoms. The molecule has 3 aromatic heterocycles. The van der Waals surface area contributed by atoms with Crippen molar-refractivity contribution in [2.24, 2.45) is 0 Å². The molecular formula is C25H23N3O6S. The van der Waals surface area contributed by atoms with Crippen LogP contribution in [0, 0.1) is 0 Å². The Labute approximate surface area is 205 Å². The van der Waals surface area contributed by atoms with Crippen LogP contribution in [-0.2, 0) is 19.4 Å². The van der Waals surface area contributed by atoms with Crippen molar-refractivity contribution < 1.29 is 28.0 Å². The van der Waals surface area contributed by atoms with Crippen molar-refractivity contribution in [2.75, 3.05) is 19.5 Å². The van der Waals surface area contributed by atoms with Gasteiger partial charge in [-0.3, -0.25) is 9.59 Å². The van der Waals surface area contributed by atoms with E-state index in [-0.39, 0.29) is 18.1 Å². The SMILES string of the molecule is COc1ccc(-c2cc(C(=O)Nc3sc4c(c3C(=O)NCc3ccco3)CCC4)no2)cc1OC. The van der Waals surface area contributed by atoms with Crippen molar-refractivity contribution in [1.82, 2.24) is 10.5 Å². The summed E-state index contributed by atoms with van der Waals surface area (Å²) in [6.45, 7) is 0.266. The fraction of sp³-hybridized carbons (Fsp3) is 0.240. The molecule has 4 aromatic rings. The molecule has 0 aliphatic heterocycles. The number of nitrogens with zero attached hydrogens (tertiary/aromatic N) is 1. The van der Waals surface area contributed by atoms with Gasteiger partial charge in [0.15, 0.2) is 23.0 Å². The lowest BCUT2D eigenvalue weighted by Crippen LogP contribution is -2.25. The fourth-order valence-electron chi connectivity index (χ4n) is 4.08. The Hall–Kier alpha value is -4.05. The summed E-state index contributed by atoms with van der Waals surface area (Å²) in [5.41, 5.74) is 2.28. The van der Waals surface area contributed by atoms with Crippen LogP contribution in [0.1, 0.15) is 43.5 Å². The topological polar surface area (TPSA) is 116 Å². The normalized spacial score (nSPS) is 12.3. The van der Waals surface area contributed by atoms with Gasteiger partial charge in [-0.25, -0.2) is 0 Å². The van der Waals surface area contributed by atoms with E-state index in [0.717, 1.165) is 29.7 Å². The molecule has 3 heterocycles. The van der Waals surface area contributed by atoms with E-state index in [1.807, 2.05) is 0 Å². The predicted molar refractivity (Wildman–Crippen MR) is 129 cm³/mol. The standard InChI is InChI=1S/C25H23N3O6S/c1-31-18-9-8-14(11-20(18)32-2)19-12-17(28-34-19)23(29)27-25-22(16-6-3-7-21(16)35-25)24(30)26-13-15-5-4-10-33-15/h4-5,8-12H,3,6-7,13H2,1-2H3,(H,26,30)(H,27,29). The second kappa shape index (κ2) is 9.67. The summed E-state index contributed by atoms with van der Waals surface area (Å²) in [7, 11) is 3.10. The highest BCUT2D eigenvalue weighted by atomic mass is 32.1. The number of benzene rings is 1. The van der Waals surface area contributed by atoms with E-state index in [1.54, 1.807) is 56.9 Å². The third kappa shape index (κ3) is 4.52. The highest BCUT2D eigenvalue weighted by Crippen LogP contribution is 2.39. The van der Waals surface area contributed by atoms with Crippen LogP contribution in [0.15, 0.2) is 51.6 Å². The summed E-state index contributed by atoms with van der Waals surface area (Å²) in [6.07, 6.45) is 4.25. The second-order valence-corrected chi connectivity index (χ2v) is 9.03. The maximum absolute atomic E-state index is 13.0. The minimum absolute atomic E-state index is 0.102. The monoisotopic (exact) mass is 493 g/mol. The molecule has 0 spiro atoms. The van der Waals surface area contributed by atoms with Gasteiger partial charge in [0.25, 0.3) is 11.8 Å². The first-order chi connectivity index (χ1) is 17.1. The molecule has 5 rings (SSSR count). The number of anilines is 1. The molecular weight excluding hydrogens is 470 g/mol. The molecule has 0 bridgehead atoms. The number of aromatic nitrogens is 1. The predicted octanol–water partition coefficient (Wildman–Crippen LogP) is 4.68. The fourth-order valence-corrected chi connectivity index (χ4v) is 5.36. The van der Waals surface area contributed by atoms with Gasteiger partial charge in [-0.2, -0.15) is 0 Å². The average molecular weight is 494 g/mol. The van der Waals surface area contributed by atoms with Crippen LogP contribution in [0.2, 0.25) is 0 Å².